The minimum absolute atomic E-state index is 0.297. The Morgan fingerprint density at radius 3 is 1.82 bits per heavy atom. The van der Waals surface area contributed by atoms with E-state index in [1.807, 2.05) is 13.0 Å². The van der Waals surface area contributed by atoms with E-state index in [1.165, 1.54) is 69.8 Å². The lowest BCUT2D eigenvalue weighted by Gasteiger charge is -2.08. The van der Waals surface area contributed by atoms with Crippen molar-refractivity contribution in [2.75, 3.05) is 6.61 Å². The molecule has 1 nitrogen and oxygen atoms in total. The maximum atomic E-state index is 14.0. The Bertz CT molecular complexity index is 663. The van der Waals surface area contributed by atoms with Gasteiger partial charge in [0, 0.05) is 0 Å². The molecule has 0 saturated carbocycles. The number of unbranched alkanes of at least 4 members (excludes halogenated alkanes) is 9. The largest absolute Gasteiger partial charge is 0.491 e. The van der Waals surface area contributed by atoms with Crippen LogP contribution >= 0.6 is 0 Å². The molecule has 0 fully saturated rings. The first kappa shape index (κ1) is 22.5. The van der Waals surface area contributed by atoms with E-state index < -0.39 is 0 Å². The Balaban J connectivity index is 1.67. The van der Waals surface area contributed by atoms with Gasteiger partial charge in [-0.2, -0.15) is 0 Å². The normalized spacial score (nSPS) is 11.0. The van der Waals surface area contributed by atoms with Crippen molar-refractivity contribution in [1.82, 2.24) is 0 Å². The number of ether oxygens (including phenoxy) is 1. The van der Waals surface area contributed by atoms with Gasteiger partial charge >= 0.3 is 0 Å². The number of rotatable bonds is 14. The van der Waals surface area contributed by atoms with E-state index in [0.29, 0.717) is 12.4 Å². The Morgan fingerprint density at radius 1 is 0.679 bits per heavy atom. The average Bonchev–Trinajstić information content (AvgIpc) is 2.71. The molecule has 28 heavy (non-hydrogen) atoms. The van der Waals surface area contributed by atoms with Crippen molar-refractivity contribution in [1.29, 1.82) is 0 Å². The van der Waals surface area contributed by atoms with Gasteiger partial charge in [0.2, 0.25) is 0 Å². The summed E-state index contributed by atoms with van der Waals surface area (Å²) < 4.78 is 19.3. The van der Waals surface area contributed by atoms with E-state index in [4.69, 9.17) is 4.74 Å². The summed E-state index contributed by atoms with van der Waals surface area (Å²) in [4.78, 5) is 0. The zero-order valence-electron chi connectivity index (χ0n) is 17.8. The molecule has 0 aliphatic carbocycles. The number of benzene rings is 2. The van der Waals surface area contributed by atoms with Crippen molar-refractivity contribution in [3.05, 3.63) is 53.8 Å². The maximum absolute atomic E-state index is 14.0. The smallest absolute Gasteiger partial charge is 0.165 e. The van der Waals surface area contributed by atoms with Crippen LogP contribution in [0.25, 0.3) is 11.1 Å². The first-order chi connectivity index (χ1) is 13.7. The molecule has 0 atom stereocenters. The maximum Gasteiger partial charge on any atom is 0.165 e. The second-order valence-electron chi connectivity index (χ2n) is 7.71. The molecule has 2 aromatic carbocycles. The summed E-state index contributed by atoms with van der Waals surface area (Å²) in [6.45, 7) is 4.61. The van der Waals surface area contributed by atoms with E-state index in [0.717, 1.165) is 17.5 Å². The van der Waals surface area contributed by atoms with Crippen LogP contribution in [0.1, 0.15) is 83.6 Å². The SMILES string of the molecule is CCCCCCCCCCCCc1ccc(-c2ccc(OCC)c(F)c2)cc1. The quantitative estimate of drug-likeness (QED) is 0.297. The average molecular weight is 385 g/mol. The van der Waals surface area contributed by atoms with Gasteiger partial charge < -0.3 is 4.74 Å². The summed E-state index contributed by atoms with van der Waals surface area (Å²) in [6, 6.07) is 13.7. The zero-order valence-corrected chi connectivity index (χ0v) is 17.8. The Labute approximate surface area is 171 Å². The van der Waals surface area contributed by atoms with Gasteiger partial charge in [-0.1, -0.05) is 95.0 Å². The minimum Gasteiger partial charge on any atom is -0.491 e. The lowest BCUT2D eigenvalue weighted by Crippen LogP contribution is -1.94. The van der Waals surface area contributed by atoms with Crippen molar-refractivity contribution >= 4 is 0 Å². The molecule has 0 radical (unpaired) electrons. The summed E-state index contributed by atoms with van der Waals surface area (Å²) in [6.07, 6.45) is 14.8. The van der Waals surface area contributed by atoms with Gasteiger partial charge in [0.15, 0.2) is 11.6 Å². The Hall–Kier alpha value is -1.83. The lowest BCUT2D eigenvalue weighted by atomic mass is 10.0. The lowest BCUT2D eigenvalue weighted by molar-refractivity contribution is 0.321. The minimum atomic E-state index is -0.297. The van der Waals surface area contributed by atoms with E-state index in [-0.39, 0.29) is 5.82 Å². The number of hydrogen-bond donors (Lipinski definition) is 0. The monoisotopic (exact) mass is 384 g/mol. The molecule has 0 N–H and O–H groups in total. The second kappa shape index (κ2) is 13.4. The highest BCUT2D eigenvalue weighted by atomic mass is 19.1. The molecule has 154 valence electrons. The van der Waals surface area contributed by atoms with Crippen LogP contribution in [0.4, 0.5) is 4.39 Å². The van der Waals surface area contributed by atoms with E-state index in [1.54, 1.807) is 12.1 Å². The molecule has 0 spiro atoms. The van der Waals surface area contributed by atoms with Gasteiger partial charge in [-0.15, -0.1) is 0 Å². The highest BCUT2D eigenvalue weighted by Crippen LogP contribution is 2.26. The highest BCUT2D eigenvalue weighted by Gasteiger charge is 2.06. The molecule has 0 heterocycles. The van der Waals surface area contributed by atoms with E-state index in [2.05, 4.69) is 31.2 Å². The zero-order chi connectivity index (χ0) is 20.0. The molecule has 2 aromatic rings. The van der Waals surface area contributed by atoms with Crippen LogP contribution in [0.5, 0.6) is 5.75 Å². The summed E-state index contributed by atoms with van der Waals surface area (Å²) in [5.74, 6) is 0.0256. The Kier molecular flexibility index (Phi) is 10.7. The molecule has 2 heteroatoms. The van der Waals surface area contributed by atoms with Crippen molar-refractivity contribution in [2.24, 2.45) is 0 Å². The van der Waals surface area contributed by atoms with Gasteiger partial charge in [-0.25, -0.2) is 4.39 Å². The topological polar surface area (TPSA) is 9.23 Å². The molecule has 0 aliphatic heterocycles. The van der Waals surface area contributed by atoms with Gasteiger partial charge in [0.25, 0.3) is 0 Å². The molecule has 0 amide bonds. The third-order valence-electron chi connectivity index (χ3n) is 5.34. The standard InChI is InChI=1S/C26H37FO/c1-3-5-6-7-8-9-10-11-12-13-14-22-15-17-23(18-16-22)24-19-20-26(28-4-2)25(27)21-24/h15-21H,3-14H2,1-2H3. The first-order valence-electron chi connectivity index (χ1n) is 11.3. The van der Waals surface area contributed by atoms with Crippen LogP contribution in [0.2, 0.25) is 0 Å². The fraction of sp³-hybridized carbons (Fsp3) is 0.538. The molecule has 2 rings (SSSR count). The number of aryl methyl sites for hydroxylation is 1. The third kappa shape index (κ3) is 8.04. The fourth-order valence-corrected chi connectivity index (χ4v) is 3.63. The van der Waals surface area contributed by atoms with Crippen LogP contribution in [-0.2, 0) is 6.42 Å². The van der Waals surface area contributed by atoms with E-state index >= 15 is 0 Å². The highest BCUT2D eigenvalue weighted by molar-refractivity contribution is 5.64. The van der Waals surface area contributed by atoms with Gasteiger partial charge in [-0.3, -0.25) is 0 Å². The van der Waals surface area contributed by atoms with Crippen LogP contribution < -0.4 is 4.74 Å². The molecule has 0 aromatic heterocycles. The first-order valence-corrected chi connectivity index (χ1v) is 11.3. The van der Waals surface area contributed by atoms with Crippen LogP contribution in [0.3, 0.4) is 0 Å². The molecule has 0 saturated heterocycles. The van der Waals surface area contributed by atoms with Crippen LogP contribution in [0, 0.1) is 5.82 Å². The molecular weight excluding hydrogens is 347 g/mol. The third-order valence-corrected chi connectivity index (χ3v) is 5.34. The molecule has 0 aliphatic rings. The fourth-order valence-electron chi connectivity index (χ4n) is 3.63. The molecular formula is C26H37FO. The van der Waals surface area contributed by atoms with Gasteiger partial charge in [0.05, 0.1) is 6.61 Å². The van der Waals surface area contributed by atoms with Gasteiger partial charge in [0.1, 0.15) is 0 Å². The van der Waals surface area contributed by atoms with Crippen molar-refractivity contribution in [3.8, 4) is 16.9 Å². The second-order valence-corrected chi connectivity index (χ2v) is 7.71. The molecule has 0 bridgehead atoms. The predicted molar refractivity (Wildman–Crippen MR) is 119 cm³/mol. The van der Waals surface area contributed by atoms with Crippen LogP contribution in [0.15, 0.2) is 42.5 Å². The summed E-state index contributed by atoms with van der Waals surface area (Å²) in [7, 11) is 0. The summed E-state index contributed by atoms with van der Waals surface area (Å²) in [5, 5.41) is 0. The summed E-state index contributed by atoms with van der Waals surface area (Å²) in [5.41, 5.74) is 3.31. The Morgan fingerprint density at radius 2 is 1.25 bits per heavy atom. The number of halogens is 1. The predicted octanol–water partition coefficient (Wildman–Crippen LogP) is 8.35. The van der Waals surface area contributed by atoms with Gasteiger partial charge in [-0.05, 0) is 48.6 Å². The van der Waals surface area contributed by atoms with Crippen molar-refractivity contribution in [3.63, 3.8) is 0 Å². The van der Waals surface area contributed by atoms with E-state index in [9.17, 15) is 4.39 Å². The van der Waals surface area contributed by atoms with Crippen LogP contribution in [-0.4, -0.2) is 6.61 Å². The molecule has 0 unspecified atom stereocenters. The van der Waals surface area contributed by atoms with Crippen molar-refractivity contribution in [2.45, 2.75) is 84.5 Å². The van der Waals surface area contributed by atoms with Crippen molar-refractivity contribution < 1.29 is 9.13 Å². The summed E-state index contributed by atoms with van der Waals surface area (Å²) >= 11 is 0. The number of hydrogen-bond acceptors (Lipinski definition) is 1.